The number of amides is 1. The molecule has 1 aromatic heterocycles. The Morgan fingerprint density at radius 2 is 2.00 bits per heavy atom. The maximum absolute atomic E-state index is 11.6. The summed E-state index contributed by atoms with van der Waals surface area (Å²) >= 11 is 7.41. The number of thioether (sulfide) groups is 1. The molecule has 0 aliphatic rings. The smallest absolute Gasteiger partial charge is 0.340 e. The van der Waals surface area contributed by atoms with Gasteiger partial charge < -0.3 is 10.1 Å². The predicted molar refractivity (Wildman–Crippen MR) is 89.7 cm³/mol. The van der Waals surface area contributed by atoms with Crippen LogP contribution in [0.3, 0.4) is 0 Å². The van der Waals surface area contributed by atoms with Gasteiger partial charge in [0.15, 0.2) is 6.61 Å². The fourth-order valence-corrected chi connectivity index (χ4v) is 2.53. The predicted octanol–water partition coefficient (Wildman–Crippen LogP) is 2.80. The first-order valence-electron chi connectivity index (χ1n) is 6.87. The largest absolute Gasteiger partial charge is 0.452 e. The van der Waals surface area contributed by atoms with Crippen LogP contribution in [0.2, 0.25) is 5.02 Å². The monoisotopic (exact) mass is 350 g/mol. The number of rotatable bonds is 7. The molecule has 0 fully saturated rings. The highest BCUT2D eigenvalue weighted by Gasteiger charge is 2.09. The van der Waals surface area contributed by atoms with Crippen LogP contribution in [0, 0.1) is 0 Å². The Morgan fingerprint density at radius 3 is 2.70 bits per heavy atom. The lowest BCUT2D eigenvalue weighted by Gasteiger charge is -2.06. The lowest BCUT2D eigenvalue weighted by atomic mass is 10.3. The first-order valence-corrected chi connectivity index (χ1v) is 8.24. The molecule has 0 atom stereocenters. The number of carbonyl (C=O) groups is 2. The van der Waals surface area contributed by atoms with Crippen LogP contribution in [0.1, 0.15) is 10.4 Å². The number of nitrogens with zero attached hydrogens (tertiary/aromatic N) is 1. The summed E-state index contributed by atoms with van der Waals surface area (Å²) in [6.07, 6.45) is 2.95. The summed E-state index contributed by atoms with van der Waals surface area (Å²) in [4.78, 5) is 28.1. The van der Waals surface area contributed by atoms with Crippen molar-refractivity contribution in [3.05, 3.63) is 59.4 Å². The van der Waals surface area contributed by atoms with E-state index >= 15 is 0 Å². The molecule has 1 amide bonds. The van der Waals surface area contributed by atoms with Gasteiger partial charge in [0.2, 0.25) is 0 Å². The van der Waals surface area contributed by atoms with Gasteiger partial charge in [-0.15, -0.1) is 11.8 Å². The van der Waals surface area contributed by atoms with Crippen LogP contribution in [-0.4, -0.2) is 35.8 Å². The van der Waals surface area contributed by atoms with E-state index in [9.17, 15) is 9.59 Å². The van der Waals surface area contributed by atoms with E-state index in [4.69, 9.17) is 16.3 Å². The zero-order valence-corrected chi connectivity index (χ0v) is 13.8. The molecule has 0 saturated heterocycles. The molecule has 120 valence electrons. The summed E-state index contributed by atoms with van der Waals surface area (Å²) < 4.78 is 4.91. The molecule has 0 spiro atoms. The van der Waals surface area contributed by atoms with Crippen molar-refractivity contribution in [1.29, 1.82) is 0 Å². The fraction of sp³-hybridized carbons (Fsp3) is 0.188. The minimum absolute atomic E-state index is 0.306. The number of ether oxygens (including phenoxy) is 1. The van der Waals surface area contributed by atoms with Gasteiger partial charge in [0.05, 0.1) is 5.56 Å². The minimum atomic E-state index is -0.566. The number of carbonyl (C=O) groups excluding carboxylic acids is 2. The molecular formula is C16H15ClN2O3S. The zero-order chi connectivity index (χ0) is 16.5. The van der Waals surface area contributed by atoms with Gasteiger partial charge in [-0.1, -0.05) is 11.6 Å². The van der Waals surface area contributed by atoms with Gasteiger partial charge in [-0.25, -0.2) is 4.79 Å². The van der Waals surface area contributed by atoms with Crippen LogP contribution in [0.15, 0.2) is 53.7 Å². The third kappa shape index (κ3) is 6.30. The minimum Gasteiger partial charge on any atom is -0.452 e. The lowest BCUT2D eigenvalue weighted by molar-refractivity contribution is -0.124. The molecule has 1 heterocycles. The normalized spacial score (nSPS) is 10.1. The highest BCUT2D eigenvalue weighted by molar-refractivity contribution is 7.99. The number of esters is 1. The Labute approximate surface area is 143 Å². The Bertz CT molecular complexity index is 650. The van der Waals surface area contributed by atoms with Crippen molar-refractivity contribution in [3.63, 3.8) is 0 Å². The number of nitrogens with one attached hydrogen (secondary N) is 1. The van der Waals surface area contributed by atoms with E-state index in [2.05, 4.69) is 10.3 Å². The Hall–Kier alpha value is -2.05. The van der Waals surface area contributed by atoms with Crippen molar-refractivity contribution in [2.24, 2.45) is 0 Å². The first kappa shape index (κ1) is 17.3. The lowest BCUT2D eigenvalue weighted by Crippen LogP contribution is -2.30. The summed E-state index contributed by atoms with van der Waals surface area (Å²) in [5, 5.41) is 3.39. The molecule has 7 heteroatoms. The molecule has 0 aliphatic carbocycles. The first-order chi connectivity index (χ1) is 11.1. The van der Waals surface area contributed by atoms with E-state index in [1.165, 1.54) is 6.20 Å². The third-order valence-electron chi connectivity index (χ3n) is 2.74. The van der Waals surface area contributed by atoms with Crippen LogP contribution in [-0.2, 0) is 9.53 Å². The van der Waals surface area contributed by atoms with Crippen molar-refractivity contribution in [2.75, 3.05) is 18.9 Å². The highest BCUT2D eigenvalue weighted by atomic mass is 35.5. The Kier molecular flexibility index (Phi) is 6.90. The van der Waals surface area contributed by atoms with Crippen LogP contribution in [0.4, 0.5) is 0 Å². The molecule has 23 heavy (non-hydrogen) atoms. The second-order valence-electron chi connectivity index (χ2n) is 4.47. The van der Waals surface area contributed by atoms with E-state index < -0.39 is 5.97 Å². The summed E-state index contributed by atoms with van der Waals surface area (Å²) in [5.74, 6) is -0.188. The van der Waals surface area contributed by atoms with Crippen molar-refractivity contribution in [1.82, 2.24) is 10.3 Å². The van der Waals surface area contributed by atoms with Crippen LogP contribution in [0.25, 0.3) is 0 Å². The second-order valence-corrected chi connectivity index (χ2v) is 6.07. The molecule has 0 bridgehead atoms. The van der Waals surface area contributed by atoms with Gasteiger partial charge in [-0.3, -0.25) is 9.78 Å². The summed E-state index contributed by atoms with van der Waals surface area (Å²) in [6, 6.07) is 10.7. The van der Waals surface area contributed by atoms with E-state index in [0.29, 0.717) is 22.9 Å². The number of halogens is 1. The topological polar surface area (TPSA) is 68.3 Å². The van der Waals surface area contributed by atoms with E-state index in [-0.39, 0.29) is 12.5 Å². The molecule has 1 aromatic carbocycles. The quantitative estimate of drug-likeness (QED) is 0.472. The van der Waals surface area contributed by atoms with Gasteiger partial charge in [-0.2, -0.15) is 0 Å². The SMILES string of the molecule is O=C(COC(=O)c1cccnc1)NCCSc1ccc(Cl)cc1. The van der Waals surface area contributed by atoms with Gasteiger partial charge >= 0.3 is 5.97 Å². The number of pyridine rings is 1. The summed E-state index contributed by atoms with van der Waals surface area (Å²) in [6.45, 7) is 0.176. The average Bonchev–Trinajstić information content (AvgIpc) is 2.59. The molecule has 0 unspecified atom stereocenters. The maximum Gasteiger partial charge on any atom is 0.340 e. The molecule has 0 radical (unpaired) electrons. The van der Waals surface area contributed by atoms with Crippen LogP contribution in [0.5, 0.6) is 0 Å². The van der Waals surface area contributed by atoms with E-state index in [0.717, 1.165) is 4.90 Å². The van der Waals surface area contributed by atoms with Gasteiger partial charge in [0, 0.05) is 34.6 Å². The average molecular weight is 351 g/mol. The fourth-order valence-electron chi connectivity index (χ4n) is 1.64. The molecular weight excluding hydrogens is 336 g/mol. The standard InChI is InChI=1S/C16H15ClN2O3S/c17-13-3-5-14(6-4-13)23-9-8-19-15(20)11-22-16(21)12-2-1-7-18-10-12/h1-7,10H,8-9,11H2,(H,19,20). The van der Waals surface area contributed by atoms with Gasteiger partial charge in [0.1, 0.15) is 0 Å². The number of hydrogen-bond donors (Lipinski definition) is 1. The second kappa shape index (κ2) is 9.17. The van der Waals surface area contributed by atoms with Crippen molar-refractivity contribution in [2.45, 2.75) is 4.90 Å². The maximum atomic E-state index is 11.6. The van der Waals surface area contributed by atoms with Crippen LogP contribution >= 0.6 is 23.4 Å². The highest BCUT2D eigenvalue weighted by Crippen LogP contribution is 2.19. The molecule has 2 aromatic rings. The molecule has 2 rings (SSSR count). The van der Waals surface area contributed by atoms with Gasteiger partial charge in [0.25, 0.3) is 5.91 Å². The zero-order valence-electron chi connectivity index (χ0n) is 12.2. The summed E-state index contributed by atoms with van der Waals surface area (Å²) in [5.41, 5.74) is 0.318. The van der Waals surface area contributed by atoms with Gasteiger partial charge in [-0.05, 0) is 36.4 Å². The molecule has 5 nitrogen and oxygen atoms in total. The van der Waals surface area contributed by atoms with Crippen molar-refractivity contribution < 1.29 is 14.3 Å². The third-order valence-corrected chi connectivity index (χ3v) is 4.00. The van der Waals surface area contributed by atoms with Crippen molar-refractivity contribution >= 4 is 35.2 Å². The summed E-state index contributed by atoms with van der Waals surface area (Å²) in [7, 11) is 0. The molecule has 0 saturated carbocycles. The molecule has 1 N–H and O–H groups in total. The number of aromatic nitrogens is 1. The van der Waals surface area contributed by atoms with Crippen LogP contribution < -0.4 is 5.32 Å². The van der Waals surface area contributed by atoms with Crippen molar-refractivity contribution in [3.8, 4) is 0 Å². The Balaban J connectivity index is 1.62. The number of benzene rings is 1. The Morgan fingerprint density at radius 1 is 1.22 bits per heavy atom. The van der Waals surface area contributed by atoms with E-state index in [1.807, 2.05) is 24.3 Å². The van der Waals surface area contributed by atoms with E-state index in [1.54, 1.807) is 30.1 Å². The molecule has 0 aliphatic heterocycles. The number of hydrogen-bond acceptors (Lipinski definition) is 5.